The molecule has 0 aromatic carbocycles. The molecule has 1 fully saturated rings. The van der Waals surface area contributed by atoms with Crippen LogP contribution < -0.4 is 11.1 Å². The summed E-state index contributed by atoms with van der Waals surface area (Å²) < 4.78 is 5.40. The summed E-state index contributed by atoms with van der Waals surface area (Å²) in [6, 6.07) is 0.990. The molecular weight excluding hydrogens is 190 g/mol. The van der Waals surface area contributed by atoms with Crippen molar-refractivity contribution in [2.45, 2.75) is 51.2 Å². The number of nitrogens with zero attached hydrogens (tertiary/aromatic N) is 1. The highest BCUT2D eigenvalue weighted by Gasteiger charge is 2.18. The first kappa shape index (κ1) is 10.6. The van der Waals surface area contributed by atoms with Crippen LogP contribution in [0, 0.1) is 6.92 Å². The zero-order valence-electron chi connectivity index (χ0n) is 9.20. The van der Waals surface area contributed by atoms with Gasteiger partial charge in [-0.3, -0.25) is 0 Å². The van der Waals surface area contributed by atoms with Crippen molar-refractivity contribution in [1.29, 1.82) is 0 Å². The summed E-state index contributed by atoms with van der Waals surface area (Å²) in [5.41, 5.74) is 5.85. The zero-order chi connectivity index (χ0) is 10.7. The first-order valence-corrected chi connectivity index (χ1v) is 5.64. The van der Waals surface area contributed by atoms with Gasteiger partial charge < -0.3 is 15.5 Å². The largest absolute Gasteiger partial charge is 0.445 e. The summed E-state index contributed by atoms with van der Waals surface area (Å²) >= 11 is 0. The van der Waals surface area contributed by atoms with E-state index in [0.29, 0.717) is 12.1 Å². The van der Waals surface area contributed by atoms with Crippen molar-refractivity contribution in [1.82, 2.24) is 10.3 Å². The van der Waals surface area contributed by atoms with Crippen molar-refractivity contribution < 1.29 is 4.42 Å². The van der Waals surface area contributed by atoms with E-state index in [4.69, 9.17) is 10.2 Å². The van der Waals surface area contributed by atoms with Crippen LogP contribution in [0.5, 0.6) is 0 Å². The number of hydrogen-bond donors (Lipinski definition) is 2. The Bertz CT molecular complexity index is 303. The summed E-state index contributed by atoms with van der Waals surface area (Å²) in [5, 5.41) is 3.46. The second kappa shape index (κ2) is 4.77. The maximum atomic E-state index is 5.85. The van der Waals surface area contributed by atoms with Crippen LogP contribution in [0.3, 0.4) is 0 Å². The molecule has 4 nitrogen and oxygen atoms in total. The van der Waals surface area contributed by atoms with Crippen LogP contribution >= 0.6 is 0 Å². The maximum absolute atomic E-state index is 5.85. The minimum atomic E-state index is 0.409. The summed E-state index contributed by atoms with van der Waals surface area (Å²) in [6.07, 6.45) is 6.35. The monoisotopic (exact) mass is 209 g/mol. The highest BCUT2D eigenvalue weighted by molar-refractivity contribution is 4.91. The van der Waals surface area contributed by atoms with Gasteiger partial charge in [0.05, 0.1) is 12.7 Å². The Balaban J connectivity index is 1.74. The minimum absolute atomic E-state index is 0.409. The Labute approximate surface area is 90.2 Å². The molecule has 1 aliphatic rings. The molecule has 1 aliphatic carbocycles. The Kier molecular flexibility index (Phi) is 3.38. The Morgan fingerprint density at radius 2 is 2.20 bits per heavy atom. The van der Waals surface area contributed by atoms with Crippen molar-refractivity contribution in [3.8, 4) is 0 Å². The lowest BCUT2D eigenvalue weighted by atomic mass is 9.92. The van der Waals surface area contributed by atoms with Crippen molar-refractivity contribution in [3.05, 3.63) is 17.8 Å². The van der Waals surface area contributed by atoms with Crippen molar-refractivity contribution in [2.75, 3.05) is 0 Å². The Morgan fingerprint density at radius 3 is 2.80 bits per heavy atom. The lowest BCUT2D eigenvalue weighted by Gasteiger charge is -2.26. The van der Waals surface area contributed by atoms with Crippen molar-refractivity contribution in [3.63, 3.8) is 0 Å². The number of aromatic nitrogens is 1. The molecule has 0 atom stereocenters. The molecule has 0 bridgehead atoms. The minimum Gasteiger partial charge on any atom is -0.445 e. The SMILES string of the molecule is Cc1cnc(CNC2CCC(N)CC2)o1. The van der Waals surface area contributed by atoms with Crippen LogP contribution in [0.2, 0.25) is 0 Å². The molecule has 2 rings (SSSR count). The van der Waals surface area contributed by atoms with Gasteiger partial charge >= 0.3 is 0 Å². The van der Waals surface area contributed by atoms with Crippen LogP contribution in [0.1, 0.15) is 37.3 Å². The molecule has 0 amide bonds. The molecule has 0 spiro atoms. The number of nitrogens with one attached hydrogen (secondary N) is 1. The van der Waals surface area contributed by atoms with Gasteiger partial charge in [-0.1, -0.05) is 0 Å². The van der Waals surface area contributed by atoms with E-state index in [1.54, 1.807) is 6.20 Å². The topological polar surface area (TPSA) is 64.1 Å². The van der Waals surface area contributed by atoms with Gasteiger partial charge in [0.25, 0.3) is 0 Å². The van der Waals surface area contributed by atoms with Crippen LogP contribution in [-0.2, 0) is 6.54 Å². The van der Waals surface area contributed by atoms with Gasteiger partial charge in [0.2, 0.25) is 5.89 Å². The lowest BCUT2D eigenvalue weighted by Crippen LogP contribution is -2.37. The molecule has 0 radical (unpaired) electrons. The molecular formula is C11H19N3O. The van der Waals surface area contributed by atoms with Gasteiger partial charge in [-0.05, 0) is 32.6 Å². The second-order valence-corrected chi connectivity index (χ2v) is 4.36. The van der Waals surface area contributed by atoms with E-state index >= 15 is 0 Å². The molecule has 4 heteroatoms. The number of aryl methyl sites for hydroxylation is 1. The summed E-state index contributed by atoms with van der Waals surface area (Å²) in [4.78, 5) is 4.16. The van der Waals surface area contributed by atoms with Crippen molar-refractivity contribution in [2.24, 2.45) is 5.73 Å². The van der Waals surface area contributed by atoms with Crippen LogP contribution in [0.4, 0.5) is 0 Å². The second-order valence-electron chi connectivity index (χ2n) is 4.36. The van der Waals surface area contributed by atoms with Gasteiger partial charge in [0, 0.05) is 12.1 Å². The number of nitrogens with two attached hydrogens (primary N) is 1. The first-order valence-electron chi connectivity index (χ1n) is 5.64. The highest BCUT2D eigenvalue weighted by Crippen LogP contribution is 2.17. The molecule has 1 aromatic rings. The third-order valence-electron chi connectivity index (χ3n) is 2.98. The molecule has 0 saturated heterocycles. The van der Waals surface area contributed by atoms with Gasteiger partial charge in [-0.25, -0.2) is 4.98 Å². The first-order chi connectivity index (χ1) is 7.24. The van der Waals surface area contributed by atoms with E-state index in [1.165, 1.54) is 12.8 Å². The van der Waals surface area contributed by atoms with Gasteiger partial charge in [-0.15, -0.1) is 0 Å². The molecule has 15 heavy (non-hydrogen) atoms. The standard InChI is InChI=1S/C11H19N3O/c1-8-6-14-11(15-8)7-13-10-4-2-9(12)3-5-10/h6,9-10,13H,2-5,7,12H2,1H3. The average Bonchev–Trinajstić information content (AvgIpc) is 2.64. The van der Waals surface area contributed by atoms with E-state index in [2.05, 4.69) is 10.3 Å². The lowest BCUT2D eigenvalue weighted by molar-refractivity contribution is 0.327. The summed E-state index contributed by atoms with van der Waals surface area (Å²) in [7, 11) is 0. The van der Waals surface area contributed by atoms with E-state index in [9.17, 15) is 0 Å². The predicted octanol–water partition coefficient (Wildman–Crippen LogP) is 1.34. The van der Waals surface area contributed by atoms with Gasteiger partial charge in [-0.2, -0.15) is 0 Å². The van der Waals surface area contributed by atoms with Gasteiger partial charge in [0.1, 0.15) is 5.76 Å². The molecule has 0 aliphatic heterocycles. The third-order valence-corrected chi connectivity index (χ3v) is 2.98. The number of rotatable bonds is 3. The predicted molar refractivity (Wildman–Crippen MR) is 58.3 cm³/mol. The molecule has 3 N–H and O–H groups in total. The van der Waals surface area contributed by atoms with E-state index in [0.717, 1.165) is 31.0 Å². The fraction of sp³-hybridized carbons (Fsp3) is 0.727. The van der Waals surface area contributed by atoms with Crippen LogP contribution in [0.15, 0.2) is 10.6 Å². The van der Waals surface area contributed by atoms with Crippen LogP contribution in [0.25, 0.3) is 0 Å². The van der Waals surface area contributed by atoms with Crippen LogP contribution in [-0.4, -0.2) is 17.1 Å². The fourth-order valence-corrected chi connectivity index (χ4v) is 2.04. The normalized spacial score (nSPS) is 26.8. The average molecular weight is 209 g/mol. The number of hydrogen-bond acceptors (Lipinski definition) is 4. The quantitative estimate of drug-likeness (QED) is 0.788. The van der Waals surface area contributed by atoms with E-state index in [-0.39, 0.29) is 0 Å². The fourth-order valence-electron chi connectivity index (χ4n) is 2.04. The highest BCUT2D eigenvalue weighted by atomic mass is 16.4. The Morgan fingerprint density at radius 1 is 1.47 bits per heavy atom. The Hall–Kier alpha value is -0.870. The molecule has 1 heterocycles. The molecule has 84 valence electrons. The zero-order valence-corrected chi connectivity index (χ0v) is 9.20. The van der Waals surface area contributed by atoms with E-state index < -0.39 is 0 Å². The molecule has 1 aromatic heterocycles. The summed E-state index contributed by atoms with van der Waals surface area (Å²) in [6.45, 7) is 2.64. The van der Waals surface area contributed by atoms with E-state index in [1.807, 2.05) is 6.92 Å². The van der Waals surface area contributed by atoms with Gasteiger partial charge in [0.15, 0.2) is 0 Å². The molecule has 1 saturated carbocycles. The summed E-state index contributed by atoms with van der Waals surface area (Å²) in [5.74, 6) is 1.65. The molecule has 0 unspecified atom stereocenters. The third kappa shape index (κ3) is 3.04. The smallest absolute Gasteiger partial charge is 0.208 e. The maximum Gasteiger partial charge on any atom is 0.208 e. The van der Waals surface area contributed by atoms with Crippen molar-refractivity contribution >= 4 is 0 Å². The number of oxazole rings is 1.